The molecule has 5 aliphatic carbocycles. The number of esters is 1. The van der Waals surface area contributed by atoms with Crippen molar-refractivity contribution >= 4 is 29.2 Å². The van der Waals surface area contributed by atoms with Crippen molar-refractivity contribution in [2.24, 2.45) is 56.7 Å². The minimum absolute atomic E-state index is 0.00712. The van der Waals surface area contributed by atoms with E-state index in [4.69, 9.17) is 32.7 Å². The van der Waals surface area contributed by atoms with Gasteiger partial charge >= 0.3 is 5.97 Å². The second-order valence-electron chi connectivity index (χ2n) is 18.5. The number of carbonyl (C=O) groups is 1. The molecule has 7 nitrogen and oxygen atoms in total. The lowest BCUT2D eigenvalue weighted by Crippen LogP contribution is -2.65. The topological polar surface area (TPSA) is 86.5 Å². The summed E-state index contributed by atoms with van der Waals surface area (Å²) in [7, 11) is 0. The molecule has 1 heterocycles. The molecule has 0 spiro atoms. The van der Waals surface area contributed by atoms with E-state index < -0.39 is 5.41 Å². The third-order valence-corrected chi connectivity index (χ3v) is 16.5. The Bertz CT molecular complexity index is 1670. The highest BCUT2D eigenvalue weighted by atomic mass is 35.5. The van der Waals surface area contributed by atoms with Gasteiger partial charge in [-0.1, -0.05) is 88.5 Å². The summed E-state index contributed by atoms with van der Waals surface area (Å²) in [6.45, 7) is 18.4. The SMILES string of the molecule is C[C@H]1[C@H](C)CC[C@]2(C(=O)OCCCn3cc(COc4ccc(Cl)cc4Cl)nn3)CC[C@]3(C)C(=CC[C@@H]4[C@@]5(C)CC[C@H](O)C(C)(C)C5CC[C@]43C)[C@H]12. The summed E-state index contributed by atoms with van der Waals surface area (Å²) in [5.74, 6) is 2.87. The number of aliphatic hydroxyl groups excluding tert-OH is 1. The minimum Gasteiger partial charge on any atom is -0.486 e. The zero-order valence-corrected chi connectivity index (χ0v) is 33.3. The number of aliphatic hydroxyl groups is 1. The fourth-order valence-electron chi connectivity index (χ4n) is 12.6. The molecule has 1 aromatic carbocycles. The zero-order chi connectivity index (χ0) is 36.6. The summed E-state index contributed by atoms with van der Waals surface area (Å²) in [6.07, 6.45) is 14.3. The molecule has 51 heavy (non-hydrogen) atoms. The van der Waals surface area contributed by atoms with Gasteiger partial charge in [0.25, 0.3) is 0 Å². The highest BCUT2D eigenvalue weighted by Crippen LogP contribution is 2.75. The lowest BCUT2D eigenvalue weighted by Gasteiger charge is -2.71. The second-order valence-corrected chi connectivity index (χ2v) is 19.3. The number of aromatic nitrogens is 3. The average Bonchev–Trinajstić information content (AvgIpc) is 3.54. The van der Waals surface area contributed by atoms with E-state index in [0.717, 1.165) is 44.9 Å². The van der Waals surface area contributed by atoms with E-state index in [0.29, 0.717) is 64.7 Å². The number of fused-ring (bicyclic) bond motifs is 7. The van der Waals surface area contributed by atoms with Gasteiger partial charge in [0.1, 0.15) is 18.1 Å². The van der Waals surface area contributed by atoms with Crippen LogP contribution in [0, 0.1) is 56.7 Å². The smallest absolute Gasteiger partial charge is 0.312 e. The van der Waals surface area contributed by atoms with Crippen LogP contribution in [0.5, 0.6) is 5.75 Å². The molecule has 5 aliphatic rings. The number of rotatable bonds is 8. The molecule has 280 valence electrons. The van der Waals surface area contributed by atoms with E-state index in [1.807, 2.05) is 6.20 Å². The Kier molecular flexibility index (Phi) is 9.74. The van der Waals surface area contributed by atoms with Crippen molar-refractivity contribution in [3.05, 3.63) is 51.8 Å². The fourth-order valence-corrected chi connectivity index (χ4v) is 13.1. The summed E-state index contributed by atoms with van der Waals surface area (Å²) in [5.41, 5.74) is 2.17. The van der Waals surface area contributed by atoms with E-state index in [2.05, 4.69) is 64.9 Å². The van der Waals surface area contributed by atoms with Crippen LogP contribution in [0.15, 0.2) is 36.0 Å². The maximum atomic E-state index is 14.4. The van der Waals surface area contributed by atoms with Gasteiger partial charge in [-0.15, -0.1) is 5.10 Å². The monoisotopic (exact) mass is 739 g/mol. The number of halogens is 2. The van der Waals surface area contributed by atoms with Crippen molar-refractivity contribution in [1.82, 2.24) is 15.0 Å². The molecule has 0 aliphatic heterocycles. The first-order valence-electron chi connectivity index (χ1n) is 19.6. The molecule has 1 N–H and O–H groups in total. The standard InChI is InChI=1S/C42H59Cl2N3O4/c1-26-13-18-42(37(49)50-22-8-21-47-24-29(45-46-47)25-51-32-11-9-28(43)23-31(32)44)20-19-40(6)30(36(42)27(26)2)10-12-34-39(5)16-15-35(48)38(3,4)33(39)14-17-41(34,40)7/h9-11,23-24,26-27,33-36,48H,8,12-22,25H2,1-7H3/t26-,27+,33?,34-,35+,36+,39+,40-,41-,42+/m1/s1. The van der Waals surface area contributed by atoms with Gasteiger partial charge < -0.3 is 14.6 Å². The summed E-state index contributed by atoms with van der Waals surface area (Å²) in [5, 5.41) is 20.6. The predicted molar refractivity (Wildman–Crippen MR) is 201 cm³/mol. The molecular weight excluding hydrogens is 681 g/mol. The molecular formula is C42H59Cl2N3O4. The fraction of sp³-hybridized carbons (Fsp3) is 0.738. The Labute approximate surface area is 315 Å². The third kappa shape index (κ3) is 5.89. The number of allylic oxidation sites excluding steroid dienone is 2. The molecule has 9 heteroatoms. The molecule has 0 saturated heterocycles. The predicted octanol–water partition coefficient (Wildman–Crippen LogP) is 10.1. The van der Waals surface area contributed by atoms with Crippen molar-refractivity contribution in [3.63, 3.8) is 0 Å². The van der Waals surface area contributed by atoms with Crippen LogP contribution in [-0.2, 0) is 22.7 Å². The lowest BCUT2D eigenvalue weighted by molar-refractivity contribution is -0.207. The van der Waals surface area contributed by atoms with Crippen molar-refractivity contribution in [1.29, 1.82) is 0 Å². The molecule has 1 aromatic heterocycles. The van der Waals surface area contributed by atoms with Gasteiger partial charge in [-0.2, -0.15) is 0 Å². The first-order chi connectivity index (χ1) is 24.1. The van der Waals surface area contributed by atoms with Gasteiger partial charge in [-0.05, 0) is 127 Å². The van der Waals surface area contributed by atoms with E-state index >= 15 is 0 Å². The highest BCUT2D eigenvalue weighted by molar-refractivity contribution is 6.35. The summed E-state index contributed by atoms with van der Waals surface area (Å²) in [4.78, 5) is 14.4. The molecule has 1 unspecified atom stereocenters. The Hall–Kier alpha value is -2.09. The van der Waals surface area contributed by atoms with Gasteiger partial charge in [-0.3, -0.25) is 9.48 Å². The largest absolute Gasteiger partial charge is 0.486 e. The Morgan fingerprint density at radius 1 is 1.00 bits per heavy atom. The second kappa shape index (κ2) is 13.3. The molecule has 0 bridgehead atoms. The van der Waals surface area contributed by atoms with Gasteiger partial charge in [0.15, 0.2) is 0 Å². The molecule has 10 atom stereocenters. The Morgan fingerprint density at radius 2 is 1.78 bits per heavy atom. The first kappa shape index (κ1) is 37.2. The average molecular weight is 741 g/mol. The number of aryl methyl sites for hydroxylation is 1. The van der Waals surface area contributed by atoms with Gasteiger partial charge in [0, 0.05) is 18.0 Å². The maximum Gasteiger partial charge on any atom is 0.312 e. The summed E-state index contributed by atoms with van der Waals surface area (Å²) < 4.78 is 13.8. The van der Waals surface area contributed by atoms with Crippen LogP contribution >= 0.6 is 23.2 Å². The van der Waals surface area contributed by atoms with E-state index in [1.54, 1.807) is 28.5 Å². The van der Waals surface area contributed by atoms with E-state index in [9.17, 15) is 9.90 Å². The van der Waals surface area contributed by atoms with Crippen LogP contribution in [-0.4, -0.2) is 38.8 Å². The quantitative estimate of drug-likeness (QED) is 0.165. The lowest BCUT2D eigenvalue weighted by atomic mass is 9.33. The van der Waals surface area contributed by atoms with E-state index in [-0.39, 0.29) is 46.3 Å². The molecule has 4 fully saturated rings. The molecule has 4 saturated carbocycles. The Balaban J connectivity index is 1.04. The summed E-state index contributed by atoms with van der Waals surface area (Å²) >= 11 is 12.2. The van der Waals surface area contributed by atoms with Crippen molar-refractivity contribution in [2.75, 3.05) is 6.61 Å². The van der Waals surface area contributed by atoms with Crippen LogP contribution < -0.4 is 4.74 Å². The molecule has 0 amide bonds. The first-order valence-corrected chi connectivity index (χ1v) is 20.3. The van der Waals surface area contributed by atoms with Gasteiger partial charge in [0.2, 0.25) is 0 Å². The molecule has 2 aromatic rings. The van der Waals surface area contributed by atoms with Crippen molar-refractivity contribution < 1.29 is 19.4 Å². The van der Waals surface area contributed by atoms with E-state index in [1.165, 1.54) is 12.8 Å². The molecule has 7 rings (SSSR count). The van der Waals surface area contributed by atoms with Crippen LogP contribution in [0.3, 0.4) is 0 Å². The number of benzene rings is 1. The highest BCUT2D eigenvalue weighted by Gasteiger charge is 2.69. The van der Waals surface area contributed by atoms with Gasteiger partial charge in [-0.25, -0.2) is 0 Å². The van der Waals surface area contributed by atoms with Crippen LogP contribution in [0.4, 0.5) is 0 Å². The number of carbonyl (C=O) groups excluding carboxylic acids is 1. The number of ether oxygens (including phenoxy) is 2. The van der Waals surface area contributed by atoms with Crippen molar-refractivity contribution in [2.45, 2.75) is 132 Å². The number of nitrogens with zero attached hydrogens (tertiary/aromatic N) is 3. The van der Waals surface area contributed by atoms with Crippen LogP contribution in [0.2, 0.25) is 10.0 Å². The van der Waals surface area contributed by atoms with Gasteiger partial charge in [0.05, 0.1) is 29.3 Å². The Morgan fingerprint density at radius 3 is 2.55 bits per heavy atom. The van der Waals surface area contributed by atoms with Crippen LogP contribution in [0.1, 0.15) is 118 Å². The molecule has 0 radical (unpaired) electrons. The van der Waals surface area contributed by atoms with Crippen molar-refractivity contribution in [3.8, 4) is 5.75 Å². The minimum atomic E-state index is -0.459. The number of hydrogen-bond donors (Lipinski definition) is 1. The number of hydrogen-bond acceptors (Lipinski definition) is 6. The van der Waals surface area contributed by atoms with Crippen LogP contribution in [0.25, 0.3) is 0 Å². The normalized spacial score (nSPS) is 39.8. The maximum absolute atomic E-state index is 14.4. The third-order valence-electron chi connectivity index (χ3n) is 16.0. The summed E-state index contributed by atoms with van der Waals surface area (Å²) in [6, 6.07) is 5.13. The zero-order valence-electron chi connectivity index (χ0n) is 31.8.